The van der Waals surface area contributed by atoms with Gasteiger partial charge in [0, 0.05) is 49.6 Å². The van der Waals surface area contributed by atoms with Crippen LogP contribution >= 0.6 is 0 Å². The maximum Gasteiger partial charge on any atom is 0.160 e. The second-order valence-corrected chi connectivity index (χ2v) is 13.8. The zero-order valence-electron chi connectivity index (χ0n) is 29.3. The molecule has 3 aromatic heterocycles. The van der Waals surface area contributed by atoms with E-state index in [0.717, 1.165) is 50.2 Å². The third-order valence-corrected chi connectivity index (χ3v) is 10.7. The first-order chi connectivity index (χ1) is 26.8. The van der Waals surface area contributed by atoms with Crippen molar-refractivity contribution >= 4 is 54.4 Å². The highest BCUT2D eigenvalue weighted by molar-refractivity contribution is 6.29. The lowest BCUT2D eigenvalue weighted by atomic mass is 9.99. The number of rotatable bonds is 5. The van der Waals surface area contributed by atoms with Gasteiger partial charge in [0.25, 0.3) is 0 Å². The summed E-state index contributed by atoms with van der Waals surface area (Å²) in [6, 6.07) is 68.9. The van der Waals surface area contributed by atoms with Crippen LogP contribution in [0.1, 0.15) is 0 Å². The summed E-state index contributed by atoms with van der Waals surface area (Å²) in [4.78, 5) is 10.2. The molecule has 8 aromatic carbocycles. The van der Waals surface area contributed by atoms with Gasteiger partial charge >= 0.3 is 0 Å². The van der Waals surface area contributed by atoms with E-state index in [2.05, 4.69) is 179 Å². The summed E-state index contributed by atoms with van der Waals surface area (Å²) in [6.45, 7) is 0. The SMILES string of the molecule is c1ccc(-c2cc(-c3cccc4cc(-n5c6ccccc6c6c7c8ccccc8n(-c8ccccc8)c7ccc65)ccc34)nc(-c3ccccc3)n2)cc1. The van der Waals surface area contributed by atoms with Crippen LogP contribution in [-0.4, -0.2) is 19.1 Å². The first-order valence-corrected chi connectivity index (χ1v) is 18.3. The molecule has 11 aromatic rings. The second kappa shape index (κ2) is 12.1. The lowest BCUT2D eigenvalue weighted by molar-refractivity contribution is 1.17. The predicted octanol–water partition coefficient (Wildman–Crippen LogP) is 12.8. The maximum atomic E-state index is 5.16. The highest BCUT2D eigenvalue weighted by Gasteiger charge is 2.21. The molecule has 0 saturated heterocycles. The van der Waals surface area contributed by atoms with Crippen LogP contribution in [0.4, 0.5) is 0 Å². The maximum absolute atomic E-state index is 5.16. The minimum absolute atomic E-state index is 0.714. The number of aromatic nitrogens is 4. The van der Waals surface area contributed by atoms with Gasteiger partial charge in [0.2, 0.25) is 0 Å². The summed E-state index contributed by atoms with van der Waals surface area (Å²) in [5, 5.41) is 7.34. The largest absolute Gasteiger partial charge is 0.309 e. The van der Waals surface area contributed by atoms with Crippen molar-refractivity contribution in [3.05, 3.63) is 194 Å². The number of benzene rings is 8. The van der Waals surface area contributed by atoms with Crippen LogP contribution in [0.2, 0.25) is 0 Å². The van der Waals surface area contributed by atoms with Gasteiger partial charge in [-0.05, 0) is 65.4 Å². The fourth-order valence-electron chi connectivity index (χ4n) is 8.34. The topological polar surface area (TPSA) is 35.6 Å². The summed E-state index contributed by atoms with van der Waals surface area (Å²) in [6.07, 6.45) is 0. The molecule has 0 aliphatic carbocycles. The molecule has 0 amide bonds. The van der Waals surface area contributed by atoms with Gasteiger partial charge in [-0.15, -0.1) is 0 Å². The summed E-state index contributed by atoms with van der Waals surface area (Å²) in [5.74, 6) is 0.714. The van der Waals surface area contributed by atoms with E-state index < -0.39 is 0 Å². The Morgan fingerprint density at radius 2 is 0.889 bits per heavy atom. The van der Waals surface area contributed by atoms with Crippen LogP contribution in [0.15, 0.2) is 194 Å². The van der Waals surface area contributed by atoms with Crippen molar-refractivity contribution in [2.45, 2.75) is 0 Å². The summed E-state index contributed by atoms with van der Waals surface area (Å²) < 4.78 is 4.82. The van der Waals surface area contributed by atoms with E-state index in [1.807, 2.05) is 24.3 Å². The third kappa shape index (κ3) is 4.70. The summed E-state index contributed by atoms with van der Waals surface area (Å²) in [5.41, 5.74) is 12.0. The van der Waals surface area contributed by atoms with Crippen molar-refractivity contribution in [2.24, 2.45) is 0 Å². The van der Waals surface area contributed by atoms with Crippen molar-refractivity contribution in [3.63, 3.8) is 0 Å². The van der Waals surface area contributed by atoms with Gasteiger partial charge in [0.1, 0.15) is 0 Å². The first kappa shape index (κ1) is 30.3. The molecule has 252 valence electrons. The molecule has 0 saturated carbocycles. The zero-order chi connectivity index (χ0) is 35.6. The summed E-state index contributed by atoms with van der Waals surface area (Å²) in [7, 11) is 0. The van der Waals surface area contributed by atoms with Gasteiger partial charge in [0.15, 0.2) is 5.82 Å². The van der Waals surface area contributed by atoms with Crippen molar-refractivity contribution in [2.75, 3.05) is 0 Å². The highest BCUT2D eigenvalue weighted by atomic mass is 15.0. The van der Waals surface area contributed by atoms with Gasteiger partial charge in [-0.25, -0.2) is 9.97 Å². The number of fused-ring (bicyclic) bond motifs is 8. The van der Waals surface area contributed by atoms with E-state index in [9.17, 15) is 0 Å². The van der Waals surface area contributed by atoms with Gasteiger partial charge in [-0.1, -0.05) is 140 Å². The van der Waals surface area contributed by atoms with E-state index in [-0.39, 0.29) is 0 Å². The first-order valence-electron chi connectivity index (χ1n) is 18.3. The monoisotopic (exact) mass is 688 g/mol. The zero-order valence-corrected chi connectivity index (χ0v) is 29.3. The third-order valence-electron chi connectivity index (χ3n) is 10.7. The van der Waals surface area contributed by atoms with E-state index in [0.29, 0.717) is 5.82 Å². The molecular formula is C50H32N4. The van der Waals surface area contributed by atoms with Crippen molar-refractivity contribution in [3.8, 4) is 45.3 Å². The Bertz CT molecular complexity index is 3140. The highest BCUT2D eigenvalue weighted by Crippen LogP contribution is 2.43. The van der Waals surface area contributed by atoms with Gasteiger partial charge in [-0.2, -0.15) is 0 Å². The molecule has 0 aliphatic rings. The quantitative estimate of drug-likeness (QED) is 0.180. The molecule has 0 fully saturated rings. The van der Waals surface area contributed by atoms with Crippen molar-refractivity contribution < 1.29 is 0 Å². The van der Waals surface area contributed by atoms with E-state index in [4.69, 9.17) is 9.97 Å². The Balaban J connectivity index is 1.13. The number of nitrogens with zero attached hydrogens (tertiary/aromatic N) is 4. The molecule has 0 atom stereocenters. The molecule has 0 bridgehead atoms. The molecule has 0 aliphatic heterocycles. The van der Waals surface area contributed by atoms with Crippen LogP contribution in [0.5, 0.6) is 0 Å². The average molecular weight is 689 g/mol. The van der Waals surface area contributed by atoms with Crippen molar-refractivity contribution in [1.82, 2.24) is 19.1 Å². The Labute approximate surface area is 311 Å². The molecule has 0 unspecified atom stereocenters. The Kier molecular flexibility index (Phi) is 6.82. The number of hydrogen-bond donors (Lipinski definition) is 0. The number of hydrogen-bond acceptors (Lipinski definition) is 2. The van der Waals surface area contributed by atoms with Crippen LogP contribution in [0, 0.1) is 0 Å². The molecular weight excluding hydrogens is 657 g/mol. The van der Waals surface area contributed by atoms with Crippen LogP contribution < -0.4 is 0 Å². The minimum atomic E-state index is 0.714. The van der Waals surface area contributed by atoms with Gasteiger partial charge in [-0.3, -0.25) is 0 Å². The van der Waals surface area contributed by atoms with Crippen LogP contribution in [0.25, 0.3) is 99.7 Å². The van der Waals surface area contributed by atoms with Crippen LogP contribution in [0.3, 0.4) is 0 Å². The van der Waals surface area contributed by atoms with Gasteiger partial charge in [0.05, 0.1) is 33.5 Å². The van der Waals surface area contributed by atoms with Gasteiger partial charge < -0.3 is 9.13 Å². The summed E-state index contributed by atoms with van der Waals surface area (Å²) >= 11 is 0. The Hall–Kier alpha value is -7.30. The standard InChI is InChI=1S/C50H32N4/c1-4-15-33(16-5-1)42-32-43(52-50(51-42)34-17-6-2-7-18-34)39-24-14-19-35-31-37(27-28-38(35)39)54-45-26-13-11-23-41(45)49-47(54)30-29-46-48(49)40-22-10-12-25-44(40)53(46)36-20-8-3-9-21-36/h1-32H. The molecule has 11 rings (SSSR count). The number of para-hydroxylation sites is 3. The second-order valence-electron chi connectivity index (χ2n) is 13.8. The molecule has 0 N–H and O–H groups in total. The lowest BCUT2D eigenvalue weighted by Crippen LogP contribution is -1.97. The molecule has 0 radical (unpaired) electrons. The molecule has 4 heteroatoms. The van der Waals surface area contributed by atoms with E-state index >= 15 is 0 Å². The lowest BCUT2D eigenvalue weighted by Gasteiger charge is -2.13. The Morgan fingerprint density at radius 3 is 1.56 bits per heavy atom. The Morgan fingerprint density at radius 1 is 0.333 bits per heavy atom. The van der Waals surface area contributed by atoms with E-state index in [1.54, 1.807) is 0 Å². The van der Waals surface area contributed by atoms with E-state index in [1.165, 1.54) is 43.6 Å². The molecule has 0 spiro atoms. The molecule has 3 heterocycles. The smallest absolute Gasteiger partial charge is 0.160 e. The molecule has 4 nitrogen and oxygen atoms in total. The normalized spacial score (nSPS) is 11.7. The van der Waals surface area contributed by atoms with Crippen molar-refractivity contribution in [1.29, 1.82) is 0 Å². The molecule has 54 heavy (non-hydrogen) atoms. The minimum Gasteiger partial charge on any atom is -0.309 e. The average Bonchev–Trinajstić information content (AvgIpc) is 3.77. The predicted molar refractivity (Wildman–Crippen MR) is 225 cm³/mol. The fraction of sp³-hybridized carbons (Fsp3) is 0. The fourth-order valence-corrected chi connectivity index (χ4v) is 8.34. The van der Waals surface area contributed by atoms with Crippen LogP contribution in [-0.2, 0) is 0 Å².